The minimum absolute atomic E-state index is 0.152. The number of para-hydroxylation sites is 1. The zero-order valence-electron chi connectivity index (χ0n) is 9.62. The first-order valence-electron chi connectivity index (χ1n) is 5.34. The molecule has 0 aliphatic heterocycles. The van der Waals surface area contributed by atoms with Crippen LogP contribution in [0, 0.1) is 4.91 Å². The van der Waals surface area contributed by atoms with Gasteiger partial charge in [0, 0.05) is 5.39 Å². The van der Waals surface area contributed by atoms with Gasteiger partial charge in [-0.3, -0.25) is 4.79 Å². The number of aromatic nitrogens is 1. The number of rotatable bonds is 3. The number of hydrogen-bond acceptors (Lipinski definition) is 5. The molecule has 0 radical (unpaired) electrons. The molecule has 0 unspecified atom stereocenters. The molecule has 0 saturated carbocycles. The highest BCUT2D eigenvalue weighted by Crippen LogP contribution is 2.12. The van der Waals surface area contributed by atoms with Gasteiger partial charge in [0.1, 0.15) is 5.56 Å². The molecule has 0 N–H and O–H groups in total. The highest BCUT2D eigenvalue weighted by molar-refractivity contribution is 5.93. The fourth-order valence-corrected chi connectivity index (χ4v) is 1.68. The maximum absolute atomic E-state index is 12.1. The van der Waals surface area contributed by atoms with Crippen molar-refractivity contribution >= 4 is 16.9 Å². The summed E-state index contributed by atoms with van der Waals surface area (Å²) in [6, 6.07) is 6.43. The van der Waals surface area contributed by atoms with Crippen molar-refractivity contribution in [3.05, 3.63) is 51.2 Å². The molecule has 0 atom stereocenters. The predicted octanol–water partition coefficient (Wildman–Crippen LogP) is 1.71. The maximum Gasteiger partial charge on any atom is 0.343 e. The number of hydrogen-bond donors (Lipinski definition) is 0. The molecule has 0 amide bonds. The molecule has 0 aliphatic rings. The summed E-state index contributed by atoms with van der Waals surface area (Å²) in [5.41, 5.74) is -0.315. The largest absolute Gasteiger partial charge is 0.462 e. The normalized spacial score (nSPS) is 10.3. The fourth-order valence-electron chi connectivity index (χ4n) is 1.68. The van der Waals surface area contributed by atoms with Crippen molar-refractivity contribution < 1.29 is 9.53 Å². The molecule has 6 nitrogen and oxygen atoms in total. The molecule has 0 spiro atoms. The van der Waals surface area contributed by atoms with E-state index in [9.17, 15) is 14.5 Å². The number of fused-ring (bicyclic) bond motifs is 1. The summed E-state index contributed by atoms with van der Waals surface area (Å²) in [5.74, 6) is -0.759. The topological polar surface area (TPSA) is 77.7 Å². The van der Waals surface area contributed by atoms with Crippen LogP contribution >= 0.6 is 0 Å². The lowest BCUT2D eigenvalue weighted by molar-refractivity contribution is 0.0524. The second kappa shape index (κ2) is 4.79. The van der Waals surface area contributed by atoms with Gasteiger partial charge in [-0.05, 0) is 19.1 Å². The van der Waals surface area contributed by atoms with Crippen molar-refractivity contribution in [2.24, 2.45) is 5.29 Å². The summed E-state index contributed by atoms with van der Waals surface area (Å²) in [6.45, 7) is 1.79. The van der Waals surface area contributed by atoms with Crippen LogP contribution in [0.15, 0.2) is 40.5 Å². The van der Waals surface area contributed by atoms with Crippen LogP contribution in [0.1, 0.15) is 17.3 Å². The highest BCUT2D eigenvalue weighted by Gasteiger charge is 2.16. The van der Waals surface area contributed by atoms with Crippen LogP contribution < -0.4 is 5.43 Å². The van der Waals surface area contributed by atoms with Gasteiger partial charge in [-0.2, -0.15) is 0 Å². The van der Waals surface area contributed by atoms with E-state index in [1.54, 1.807) is 25.1 Å². The van der Waals surface area contributed by atoms with Gasteiger partial charge in [0.2, 0.25) is 5.43 Å². The summed E-state index contributed by atoms with van der Waals surface area (Å²) in [4.78, 5) is 34.4. The van der Waals surface area contributed by atoms with E-state index in [1.807, 2.05) is 0 Å². The summed E-state index contributed by atoms with van der Waals surface area (Å²) >= 11 is 0. The van der Waals surface area contributed by atoms with Crippen molar-refractivity contribution in [2.45, 2.75) is 6.92 Å². The van der Waals surface area contributed by atoms with E-state index in [0.29, 0.717) is 5.52 Å². The van der Waals surface area contributed by atoms with E-state index in [2.05, 4.69) is 5.29 Å². The van der Waals surface area contributed by atoms with E-state index < -0.39 is 11.4 Å². The molecule has 1 aromatic carbocycles. The van der Waals surface area contributed by atoms with Crippen LogP contribution in [0.3, 0.4) is 0 Å². The second-order valence-corrected chi connectivity index (χ2v) is 3.54. The predicted molar refractivity (Wildman–Crippen MR) is 65.4 cm³/mol. The first kappa shape index (κ1) is 12.0. The van der Waals surface area contributed by atoms with Gasteiger partial charge in [-0.25, -0.2) is 9.47 Å². The molecule has 0 bridgehead atoms. The summed E-state index contributed by atoms with van der Waals surface area (Å²) in [5, 5.41) is 3.02. The second-order valence-electron chi connectivity index (χ2n) is 3.54. The number of nitrogens with zero attached hydrogens (tertiary/aromatic N) is 2. The Morgan fingerprint density at radius 2 is 2.11 bits per heavy atom. The van der Waals surface area contributed by atoms with Crippen LogP contribution in [0.4, 0.5) is 0 Å². The Morgan fingerprint density at radius 3 is 2.78 bits per heavy atom. The molecule has 0 saturated heterocycles. The van der Waals surface area contributed by atoms with E-state index in [-0.39, 0.29) is 17.6 Å². The molecule has 2 aromatic rings. The van der Waals surface area contributed by atoms with Gasteiger partial charge in [0.25, 0.3) is 0 Å². The van der Waals surface area contributed by atoms with Crippen molar-refractivity contribution in [2.75, 3.05) is 6.61 Å². The van der Waals surface area contributed by atoms with Gasteiger partial charge in [-0.1, -0.05) is 12.1 Å². The number of ether oxygens (including phenoxy) is 1. The number of esters is 1. The van der Waals surface area contributed by atoms with Crippen molar-refractivity contribution in [1.29, 1.82) is 0 Å². The van der Waals surface area contributed by atoms with Crippen LogP contribution in [-0.2, 0) is 4.74 Å². The Labute approximate surface area is 102 Å². The molecule has 18 heavy (non-hydrogen) atoms. The van der Waals surface area contributed by atoms with Gasteiger partial charge in [0.15, 0.2) is 0 Å². The minimum atomic E-state index is -0.759. The quantitative estimate of drug-likeness (QED) is 0.610. The van der Waals surface area contributed by atoms with Crippen LogP contribution in [0.5, 0.6) is 0 Å². The van der Waals surface area contributed by atoms with Crippen LogP contribution in [0.2, 0.25) is 0 Å². The monoisotopic (exact) mass is 246 g/mol. The average molecular weight is 246 g/mol. The summed E-state index contributed by atoms with van der Waals surface area (Å²) in [7, 11) is 0. The maximum atomic E-state index is 12.1. The number of carbonyl (C=O) groups excluding carboxylic acids is 1. The lowest BCUT2D eigenvalue weighted by Crippen LogP contribution is -2.19. The standard InChI is InChI=1S/C12H10N2O4/c1-2-18-12(16)9-7-14(13-17)10-6-4-3-5-8(10)11(9)15/h3-7H,2H2,1H3. The van der Waals surface area contributed by atoms with Gasteiger partial charge >= 0.3 is 5.97 Å². The molecule has 6 heteroatoms. The average Bonchev–Trinajstić information content (AvgIpc) is 2.40. The van der Waals surface area contributed by atoms with Crippen LogP contribution in [-0.4, -0.2) is 17.3 Å². The van der Waals surface area contributed by atoms with E-state index >= 15 is 0 Å². The third-order valence-corrected chi connectivity index (χ3v) is 2.47. The molecule has 0 aliphatic carbocycles. The molecule has 2 rings (SSSR count). The number of benzene rings is 1. The summed E-state index contributed by atoms with van der Waals surface area (Å²) in [6.07, 6.45) is 1.09. The number of pyridine rings is 1. The smallest absolute Gasteiger partial charge is 0.343 e. The third-order valence-electron chi connectivity index (χ3n) is 2.47. The molecule has 1 aromatic heterocycles. The Hall–Kier alpha value is -2.50. The first-order valence-corrected chi connectivity index (χ1v) is 5.34. The molecule has 92 valence electrons. The van der Waals surface area contributed by atoms with E-state index in [4.69, 9.17) is 4.74 Å². The van der Waals surface area contributed by atoms with Gasteiger partial charge < -0.3 is 4.74 Å². The lowest BCUT2D eigenvalue weighted by atomic mass is 10.1. The Bertz CT molecular complexity index is 675. The summed E-state index contributed by atoms with van der Waals surface area (Å²) < 4.78 is 5.71. The van der Waals surface area contributed by atoms with Crippen molar-refractivity contribution in [3.63, 3.8) is 0 Å². The SMILES string of the molecule is CCOC(=O)c1cn(N=O)c2ccccc2c1=O. The third kappa shape index (κ3) is 1.88. The van der Waals surface area contributed by atoms with Crippen molar-refractivity contribution in [3.8, 4) is 0 Å². The fraction of sp³-hybridized carbons (Fsp3) is 0.167. The molecular formula is C12H10N2O4. The number of carbonyl (C=O) groups is 1. The number of nitroso groups, excluding NO2 is 1. The zero-order chi connectivity index (χ0) is 13.1. The van der Waals surface area contributed by atoms with Gasteiger partial charge in [-0.15, -0.1) is 4.91 Å². The Kier molecular flexibility index (Phi) is 3.18. The Morgan fingerprint density at radius 1 is 1.39 bits per heavy atom. The zero-order valence-corrected chi connectivity index (χ0v) is 9.62. The Balaban J connectivity index is 2.77. The van der Waals surface area contributed by atoms with Crippen LogP contribution in [0.25, 0.3) is 10.9 Å². The minimum Gasteiger partial charge on any atom is -0.462 e. The highest BCUT2D eigenvalue weighted by atomic mass is 16.5. The van der Waals surface area contributed by atoms with Crippen molar-refractivity contribution in [1.82, 2.24) is 4.68 Å². The lowest BCUT2D eigenvalue weighted by Gasteiger charge is -2.05. The molecule has 0 fully saturated rings. The van der Waals surface area contributed by atoms with Gasteiger partial charge in [0.05, 0.1) is 23.6 Å². The molecule has 1 heterocycles. The van der Waals surface area contributed by atoms with E-state index in [1.165, 1.54) is 6.07 Å². The molecular weight excluding hydrogens is 236 g/mol. The van der Waals surface area contributed by atoms with E-state index in [0.717, 1.165) is 10.9 Å². The first-order chi connectivity index (χ1) is 8.69.